The monoisotopic (exact) mass is 477 g/mol. The SMILES string of the molecule is CC(=O)N[C@@H](CCCNC(=O)OCC1c2ccccc2-c2ccccc21)c1nnc(CC(N)=O)o1. The maximum Gasteiger partial charge on any atom is 0.407 e. The first-order valence-electron chi connectivity index (χ1n) is 11.4. The van der Waals surface area contributed by atoms with Crippen LogP contribution in [-0.4, -0.2) is 41.3 Å². The van der Waals surface area contributed by atoms with Gasteiger partial charge in [0, 0.05) is 19.4 Å². The number of nitrogens with zero attached hydrogens (tertiary/aromatic N) is 2. The molecule has 0 unspecified atom stereocenters. The molecule has 10 heteroatoms. The number of nitrogens with one attached hydrogen (secondary N) is 2. The molecule has 0 aliphatic heterocycles. The van der Waals surface area contributed by atoms with Crippen LogP contribution >= 0.6 is 0 Å². The third kappa shape index (κ3) is 5.84. The van der Waals surface area contributed by atoms with E-state index >= 15 is 0 Å². The van der Waals surface area contributed by atoms with Gasteiger partial charge in [-0.2, -0.15) is 0 Å². The summed E-state index contributed by atoms with van der Waals surface area (Å²) in [7, 11) is 0. The van der Waals surface area contributed by atoms with Crippen molar-refractivity contribution in [1.82, 2.24) is 20.8 Å². The molecule has 2 aromatic carbocycles. The summed E-state index contributed by atoms with van der Waals surface area (Å²) in [5.41, 5.74) is 9.77. The Morgan fingerprint density at radius 3 is 2.34 bits per heavy atom. The summed E-state index contributed by atoms with van der Waals surface area (Å²) >= 11 is 0. The van der Waals surface area contributed by atoms with Crippen molar-refractivity contribution in [3.05, 3.63) is 71.4 Å². The lowest BCUT2D eigenvalue weighted by atomic mass is 9.98. The number of fused-ring (bicyclic) bond motifs is 3. The van der Waals surface area contributed by atoms with Gasteiger partial charge < -0.3 is 25.5 Å². The largest absolute Gasteiger partial charge is 0.449 e. The summed E-state index contributed by atoms with van der Waals surface area (Å²) in [6.07, 6.45) is 0.261. The minimum absolute atomic E-state index is 0.00979. The van der Waals surface area contributed by atoms with E-state index < -0.39 is 18.0 Å². The molecule has 4 rings (SSSR count). The highest BCUT2D eigenvalue weighted by Crippen LogP contribution is 2.44. The van der Waals surface area contributed by atoms with Crippen LogP contribution in [0.3, 0.4) is 0 Å². The fourth-order valence-electron chi connectivity index (χ4n) is 4.28. The normalized spacial score (nSPS) is 12.9. The molecule has 1 aromatic heterocycles. The summed E-state index contributed by atoms with van der Waals surface area (Å²) < 4.78 is 11.0. The van der Waals surface area contributed by atoms with E-state index in [1.54, 1.807) is 0 Å². The predicted octanol–water partition coefficient (Wildman–Crippen LogP) is 2.59. The first kappa shape index (κ1) is 23.9. The Morgan fingerprint density at radius 2 is 1.71 bits per heavy atom. The lowest BCUT2D eigenvalue weighted by Crippen LogP contribution is -2.29. The van der Waals surface area contributed by atoms with Crippen LogP contribution < -0.4 is 16.4 Å². The van der Waals surface area contributed by atoms with E-state index in [1.165, 1.54) is 18.1 Å². The third-order valence-corrected chi connectivity index (χ3v) is 5.77. The molecule has 3 amide bonds. The molecular weight excluding hydrogens is 450 g/mol. The highest BCUT2D eigenvalue weighted by atomic mass is 16.5. The standard InChI is InChI=1S/C25H27N5O5/c1-15(31)28-21(24-30-29-23(35-24)13-22(26)32)11-6-12-27-25(33)34-14-20-18-9-4-2-7-16(18)17-8-3-5-10-19(17)20/h2-5,7-10,20-21H,6,11-14H2,1H3,(H2,26,32)(H,27,33)(H,28,31)/t21-/m0/s1. The van der Waals surface area contributed by atoms with Crippen LogP contribution in [0.4, 0.5) is 4.79 Å². The number of hydrogen-bond donors (Lipinski definition) is 3. The Labute approximate surface area is 202 Å². The van der Waals surface area contributed by atoms with Crippen LogP contribution in [0.2, 0.25) is 0 Å². The zero-order valence-corrected chi connectivity index (χ0v) is 19.3. The predicted molar refractivity (Wildman–Crippen MR) is 126 cm³/mol. The molecule has 35 heavy (non-hydrogen) atoms. The molecule has 3 aromatic rings. The second-order valence-electron chi connectivity index (χ2n) is 8.32. The molecule has 0 bridgehead atoms. The van der Waals surface area contributed by atoms with Crippen LogP contribution in [-0.2, 0) is 20.7 Å². The maximum atomic E-state index is 12.3. The van der Waals surface area contributed by atoms with Crippen molar-refractivity contribution in [3.63, 3.8) is 0 Å². The molecule has 0 saturated heterocycles. The lowest BCUT2D eigenvalue weighted by molar-refractivity contribution is -0.120. The minimum atomic E-state index is -0.594. The van der Waals surface area contributed by atoms with Gasteiger partial charge in [-0.3, -0.25) is 9.59 Å². The van der Waals surface area contributed by atoms with Gasteiger partial charge in [0.15, 0.2) is 0 Å². The summed E-state index contributed by atoms with van der Waals surface area (Å²) in [5, 5.41) is 13.2. The second-order valence-corrected chi connectivity index (χ2v) is 8.32. The second kappa shape index (κ2) is 10.8. The molecular formula is C25H27N5O5. The van der Waals surface area contributed by atoms with Crippen LogP contribution in [0.15, 0.2) is 52.9 Å². The van der Waals surface area contributed by atoms with Crippen LogP contribution in [0.25, 0.3) is 11.1 Å². The fraction of sp³-hybridized carbons (Fsp3) is 0.320. The number of aromatic nitrogens is 2. The molecule has 1 aliphatic carbocycles. The molecule has 4 N–H and O–H groups in total. The molecule has 1 heterocycles. The van der Waals surface area contributed by atoms with Gasteiger partial charge in [0.1, 0.15) is 19.1 Å². The van der Waals surface area contributed by atoms with E-state index in [0.29, 0.717) is 19.4 Å². The smallest absolute Gasteiger partial charge is 0.407 e. The average Bonchev–Trinajstić information content (AvgIpc) is 3.41. The molecule has 0 spiro atoms. The van der Waals surface area contributed by atoms with E-state index in [4.69, 9.17) is 14.9 Å². The average molecular weight is 478 g/mol. The van der Waals surface area contributed by atoms with Gasteiger partial charge in [-0.15, -0.1) is 10.2 Å². The number of carbonyl (C=O) groups excluding carboxylic acids is 3. The van der Waals surface area contributed by atoms with Gasteiger partial charge >= 0.3 is 6.09 Å². The molecule has 0 saturated carbocycles. The van der Waals surface area contributed by atoms with Crippen molar-refractivity contribution >= 4 is 17.9 Å². The molecule has 10 nitrogen and oxygen atoms in total. The zero-order chi connectivity index (χ0) is 24.8. The number of hydrogen-bond acceptors (Lipinski definition) is 7. The summed E-state index contributed by atoms with van der Waals surface area (Å²) in [6, 6.07) is 15.7. The Balaban J connectivity index is 1.27. The number of rotatable bonds is 10. The maximum absolute atomic E-state index is 12.3. The Kier molecular flexibility index (Phi) is 7.39. The van der Waals surface area contributed by atoms with Gasteiger partial charge in [0.05, 0.1) is 0 Å². The van der Waals surface area contributed by atoms with Crippen LogP contribution in [0, 0.1) is 0 Å². The lowest BCUT2D eigenvalue weighted by Gasteiger charge is -2.16. The van der Waals surface area contributed by atoms with Crippen molar-refractivity contribution < 1.29 is 23.5 Å². The third-order valence-electron chi connectivity index (χ3n) is 5.77. The number of ether oxygens (including phenoxy) is 1. The van der Waals surface area contributed by atoms with Gasteiger partial charge in [-0.1, -0.05) is 48.5 Å². The summed E-state index contributed by atoms with van der Waals surface area (Å²) in [4.78, 5) is 34.9. The van der Waals surface area contributed by atoms with E-state index in [1.807, 2.05) is 24.3 Å². The molecule has 1 aliphatic rings. The van der Waals surface area contributed by atoms with Crippen molar-refractivity contribution in [2.45, 2.75) is 38.1 Å². The minimum Gasteiger partial charge on any atom is -0.449 e. The van der Waals surface area contributed by atoms with E-state index in [2.05, 4.69) is 45.1 Å². The van der Waals surface area contributed by atoms with Crippen LogP contribution in [0.1, 0.15) is 54.6 Å². The van der Waals surface area contributed by atoms with Crippen molar-refractivity contribution in [2.24, 2.45) is 5.73 Å². The van der Waals surface area contributed by atoms with Gasteiger partial charge in [0.25, 0.3) is 0 Å². The van der Waals surface area contributed by atoms with Gasteiger partial charge in [-0.05, 0) is 35.1 Å². The van der Waals surface area contributed by atoms with E-state index in [-0.39, 0.29) is 36.6 Å². The number of carbonyl (C=O) groups is 3. The van der Waals surface area contributed by atoms with Crippen molar-refractivity contribution in [3.8, 4) is 11.1 Å². The number of nitrogens with two attached hydrogens (primary N) is 1. The molecule has 0 fully saturated rings. The summed E-state index contributed by atoms with van der Waals surface area (Å²) in [6.45, 7) is 1.94. The first-order chi connectivity index (χ1) is 16.9. The number of primary amides is 1. The Hall–Kier alpha value is -4.21. The zero-order valence-electron chi connectivity index (χ0n) is 19.3. The highest BCUT2D eigenvalue weighted by molar-refractivity contribution is 5.79. The quantitative estimate of drug-likeness (QED) is 0.380. The number of amides is 3. The van der Waals surface area contributed by atoms with E-state index in [9.17, 15) is 14.4 Å². The van der Waals surface area contributed by atoms with Crippen LogP contribution in [0.5, 0.6) is 0 Å². The first-order valence-corrected chi connectivity index (χ1v) is 11.4. The Morgan fingerprint density at radius 1 is 1.06 bits per heavy atom. The van der Waals surface area contributed by atoms with Gasteiger partial charge in [-0.25, -0.2) is 4.79 Å². The molecule has 0 radical (unpaired) electrons. The van der Waals surface area contributed by atoms with E-state index in [0.717, 1.165) is 11.1 Å². The Bertz CT molecular complexity index is 1180. The topological polar surface area (TPSA) is 149 Å². The van der Waals surface area contributed by atoms with Gasteiger partial charge in [0.2, 0.25) is 23.6 Å². The number of alkyl carbamates (subject to hydrolysis) is 1. The summed E-state index contributed by atoms with van der Waals surface area (Å²) in [5.74, 6) is -0.612. The fourth-order valence-corrected chi connectivity index (χ4v) is 4.28. The molecule has 182 valence electrons. The highest BCUT2D eigenvalue weighted by Gasteiger charge is 2.29. The molecule has 1 atom stereocenters. The van der Waals surface area contributed by atoms with Crippen molar-refractivity contribution in [1.29, 1.82) is 0 Å². The van der Waals surface area contributed by atoms with Crippen molar-refractivity contribution in [2.75, 3.05) is 13.2 Å². The number of benzene rings is 2.